The standard InChI is InChI=1S/C20H16N2O3/c23-10-11-24-16-5-3-14(4-6-16)19-12-18-20(25-19)17(7-9-22-18)15-2-1-8-21-13-15/h1-9,12-13,23H,10-11H2. The van der Waals surface area contributed by atoms with Crippen LogP contribution in [0, 0.1) is 0 Å². The number of aromatic nitrogens is 2. The van der Waals surface area contributed by atoms with Gasteiger partial charge < -0.3 is 14.3 Å². The minimum Gasteiger partial charge on any atom is -0.491 e. The van der Waals surface area contributed by atoms with Crippen LogP contribution in [0.5, 0.6) is 5.75 Å². The fourth-order valence-electron chi connectivity index (χ4n) is 2.71. The molecule has 3 heterocycles. The molecule has 25 heavy (non-hydrogen) atoms. The van der Waals surface area contributed by atoms with E-state index in [0.717, 1.165) is 33.6 Å². The first kappa shape index (κ1) is 15.4. The van der Waals surface area contributed by atoms with Crippen molar-refractivity contribution in [3.05, 3.63) is 67.1 Å². The molecule has 0 aliphatic heterocycles. The Bertz CT molecular complexity index is 979. The van der Waals surface area contributed by atoms with Crippen molar-refractivity contribution in [1.82, 2.24) is 9.97 Å². The fraction of sp³-hybridized carbons (Fsp3) is 0.100. The molecule has 0 aliphatic carbocycles. The quantitative estimate of drug-likeness (QED) is 0.600. The van der Waals surface area contributed by atoms with Gasteiger partial charge in [-0.2, -0.15) is 0 Å². The summed E-state index contributed by atoms with van der Waals surface area (Å²) in [6, 6.07) is 15.3. The summed E-state index contributed by atoms with van der Waals surface area (Å²) in [6.45, 7) is 0.274. The second kappa shape index (κ2) is 6.75. The molecule has 0 saturated carbocycles. The van der Waals surface area contributed by atoms with Gasteiger partial charge in [-0.1, -0.05) is 6.07 Å². The minimum absolute atomic E-state index is 0.00584. The number of benzene rings is 1. The maximum atomic E-state index is 8.81. The third-order valence-electron chi connectivity index (χ3n) is 3.88. The molecular formula is C20H16N2O3. The average Bonchev–Trinajstić information content (AvgIpc) is 3.12. The zero-order valence-corrected chi connectivity index (χ0v) is 13.4. The molecule has 0 radical (unpaired) electrons. The Balaban J connectivity index is 1.72. The van der Waals surface area contributed by atoms with E-state index in [1.165, 1.54) is 0 Å². The summed E-state index contributed by atoms with van der Waals surface area (Å²) < 4.78 is 11.5. The summed E-state index contributed by atoms with van der Waals surface area (Å²) in [4.78, 5) is 8.58. The van der Waals surface area contributed by atoms with Crippen LogP contribution in [0.15, 0.2) is 71.5 Å². The molecule has 0 fully saturated rings. The topological polar surface area (TPSA) is 68.4 Å². The summed E-state index contributed by atoms with van der Waals surface area (Å²) >= 11 is 0. The summed E-state index contributed by atoms with van der Waals surface area (Å²) in [5, 5.41) is 8.81. The molecule has 5 nitrogen and oxygen atoms in total. The lowest BCUT2D eigenvalue weighted by Crippen LogP contribution is -2.01. The number of aliphatic hydroxyl groups is 1. The lowest BCUT2D eigenvalue weighted by molar-refractivity contribution is 0.201. The second-order valence-corrected chi connectivity index (χ2v) is 5.52. The van der Waals surface area contributed by atoms with Gasteiger partial charge in [-0.15, -0.1) is 0 Å². The SMILES string of the molecule is OCCOc1ccc(-c2cc3nccc(-c4cccnc4)c3o2)cc1. The minimum atomic E-state index is -0.00584. The highest BCUT2D eigenvalue weighted by Gasteiger charge is 2.12. The largest absolute Gasteiger partial charge is 0.491 e. The molecule has 0 spiro atoms. The van der Waals surface area contributed by atoms with Gasteiger partial charge in [0, 0.05) is 41.3 Å². The molecule has 4 aromatic rings. The molecule has 4 rings (SSSR count). The van der Waals surface area contributed by atoms with Crippen molar-refractivity contribution < 1.29 is 14.3 Å². The Labute approximate surface area is 144 Å². The van der Waals surface area contributed by atoms with Crippen LogP contribution in [0.3, 0.4) is 0 Å². The van der Waals surface area contributed by atoms with Crippen molar-refractivity contribution >= 4 is 11.1 Å². The van der Waals surface area contributed by atoms with E-state index in [-0.39, 0.29) is 13.2 Å². The fourth-order valence-corrected chi connectivity index (χ4v) is 2.71. The first-order valence-electron chi connectivity index (χ1n) is 7.98. The van der Waals surface area contributed by atoms with E-state index in [9.17, 15) is 0 Å². The summed E-state index contributed by atoms with van der Waals surface area (Å²) in [6.07, 6.45) is 5.33. The number of nitrogens with zero attached hydrogens (tertiary/aromatic N) is 2. The number of hydrogen-bond donors (Lipinski definition) is 1. The van der Waals surface area contributed by atoms with Gasteiger partial charge in [0.1, 0.15) is 23.6 Å². The van der Waals surface area contributed by atoms with Gasteiger partial charge in [0.25, 0.3) is 0 Å². The number of rotatable bonds is 5. The van der Waals surface area contributed by atoms with Crippen molar-refractivity contribution in [2.45, 2.75) is 0 Å². The van der Waals surface area contributed by atoms with Gasteiger partial charge in [-0.25, -0.2) is 0 Å². The Morgan fingerprint density at radius 3 is 2.64 bits per heavy atom. The predicted molar refractivity (Wildman–Crippen MR) is 95.3 cm³/mol. The van der Waals surface area contributed by atoms with Crippen molar-refractivity contribution in [2.75, 3.05) is 13.2 Å². The molecule has 0 bridgehead atoms. The Morgan fingerprint density at radius 2 is 1.88 bits per heavy atom. The molecule has 0 amide bonds. The van der Waals surface area contributed by atoms with E-state index in [0.29, 0.717) is 5.75 Å². The first-order valence-corrected chi connectivity index (χ1v) is 7.98. The average molecular weight is 332 g/mol. The van der Waals surface area contributed by atoms with E-state index < -0.39 is 0 Å². The van der Waals surface area contributed by atoms with E-state index in [1.807, 2.05) is 54.7 Å². The number of fused-ring (bicyclic) bond motifs is 1. The van der Waals surface area contributed by atoms with Crippen molar-refractivity contribution in [3.63, 3.8) is 0 Å². The Hall–Kier alpha value is -3.18. The van der Waals surface area contributed by atoms with Gasteiger partial charge in [0.15, 0.2) is 5.58 Å². The third-order valence-corrected chi connectivity index (χ3v) is 3.88. The highest BCUT2D eigenvalue weighted by atomic mass is 16.5. The molecule has 5 heteroatoms. The predicted octanol–water partition coefficient (Wildman–Crippen LogP) is 3.93. The highest BCUT2D eigenvalue weighted by Crippen LogP contribution is 2.33. The Kier molecular flexibility index (Phi) is 4.14. The molecule has 3 aromatic heterocycles. The molecule has 0 aliphatic rings. The maximum absolute atomic E-state index is 8.81. The third kappa shape index (κ3) is 3.09. The Morgan fingerprint density at radius 1 is 1.00 bits per heavy atom. The van der Waals surface area contributed by atoms with Gasteiger partial charge >= 0.3 is 0 Å². The van der Waals surface area contributed by atoms with Crippen LogP contribution in [-0.2, 0) is 0 Å². The monoisotopic (exact) mass is 332 g/mol. The van der Waals surface area contributed by atoms with E-state index in [1.54, 1.807) is 12.4 Å². The molecule has 1 N–H and O–H groups in total. The van der Waals surface area contributed by atoms with Crippen LogP contribution in [0.2, 0.25) is 0 Å². The smallest absolute Gasteiger partial charge is 0.161 e. The number of pyridine rings is 2. The van der Waals surface area contributed by atoms with Crippen molar-refractivity contribution in [2.24, 2.45) is 0 Å². The van der Waals surface area contributed by atoms with Crippen LogP contribution in [0.1, 0.15) is 0 Å². The van der Waals surface area contributed by atoms with Crippen molar-refractivity contribution in [3.8, 4) is 28.2 Å². The van der Waals surface area contributed by atoms with Crippen LogP contribution in [0.25, 0.3) is 33.6 Å². The second-order valence-electron chi connectivity index (χ2n) is 5.52. The van der Waals surface area contributed by atoms with E-state index >= 15 is 0 Å². The summed E-state index contributed by atoms with van der Waals surface area (Å²) in [7, 11) is 0. The van der Waals surface area contributed by atoms with E-state index in [2.05, 4.69) is 9.97 Å². The first-order chi connectivity index (χ1) is 12.3. The number of ether oxygens (including phenoxy) is 1. The molecular weight excluding hydrogens is 316 g/mol. The molecule has 0 atom stereocenters. The van der Waals surface area contributed by atoms with Gasteiger partial charge in [-0.05, 0) is 36.4 Å². The molecule has 1 aromatic carbocycles. The van der Waals surface area contributed by atoms with Crippen LogP contribution in [-0.4, -0.2) is 28.3 Å². The summed E-state index contributed by atoms with van der Waals surface area (Å²) in [5.41, 5.74) is 4.44. The molecule has 124 valence electrons. The number of hydrogen-bond acceptors (Lipinski definition) is 5. The summed E-state index contributed by atoms with van der Waals surface area (Å²) in [5.74, 6) is 1.45. The lowest BCUT2D eigenvalue weighted by atomic mass is 10.1. The molecule has 0 unspecified atom stereocenters. The zero-order valence-electron chi connectivity index (χ0n) is 13.4. The van der Waals surface area contributed by atoms with Gasteiger partial charge in [0.05, 0.1) is 6.61 Å². The van der Waals surface area contributed by atoms with Gasteiger partial charge in [-0.3, -0.25) is 9.97 Å². The van der Waals surface area contributed by atoms with Crippen LogP contribution in [0.4, 0.5) is 0 Å². The molecule has 0 saturated heterocycles. The highest BCUT2D eigenvalue weighted by molar-refractivity contribution is 5.92. The van der Waals surface area contributed by atoms with Crippen molar-refractivity contribution in [1.29, 1.82) is 0 Å². The van der Waals surface area contributed by atoms with E-state index in [4.69, 9.17) is 14.3 Å². The zero-order chi connectivity index (χ0) is 17.1. The number of aliphatic hydroxyl groups excluding tert-OH is 1. The lowest BCUT2D eigenvalue weighted by Gasteiger charge is -2.04. The van der Waals surface area contributed by atoms with Gasteiger partial charge in [0.2, 0.25) is 0 Å². The van der Waals surface area contributed by atoms with Crippen LogP contribution >= 0.6 is 0 Å². The maximum Gasteiger partial charge on any atom is 0.161 e. The normalized spacial score (nSPS) is 10.9. The number of furan rings is 1. The van der Waals surface area contributed by atoms with Crippen LogP contribution < -0.4 is 4.74 Å².